The Kier molecular flexibility index (Phi) is 4.28. The van der Waals surface area contributed by atoms with Gasteiger partial charge >= 0.3 is 5.91 Å². The zero-order valence-electron chi connectivity index (χ0n) is 13.1. The number of nitrogens with one attached hydrogen (secondary N) is 1. The third-order valence-electron chi connectivity index (χ3n) is 4.70. The number of carbonyl (C=O) groups is 1. The molecule has 1 atom stereocenters. The molecule has 1 unspecified atom stereocenters. The summed E-state index contributed by atoms with van der Waals surface area (Å²) in [6.07, 6.45) is 3.72. The number of carbonyl (C=O) groups excluding carboxylic acids is 1. The highest BCUT2D eigenvalue weighted by atomic mass is 32.2. The van der Waals surface area contributed by atoms with E-state index in [4.69, 9.17) is 4.42 Å². The van der Waals surface area contributed by atoms with Gasteiger partial charge in [-0.15, -0.1) is 0 Å². The predicted octanol–water partition coefficient (Wildman–Crippen LogP) is 2.79. The molecule has 5 nitrogen and oxygen atoms in total. The van der Waals surface area contributed by atoms with Crippen LogP contribution in [0.3, 0.4) is 0 Å². The zero-order chi connectivity index (χ0) is 16.5. The lowest BCUT2D eigenvalue weighted by Crippen LogP contribution is -2.57. The summed E-state index contributed by atoms with van der Waals surface area (Å²) in [4.78, 5) is 19.2. The predicted molar refractivity (Wildman–Crippen MR) is 87.4 cm³/mol. The van der Waals surface area contributed by atoms with E-state index in [1.54, 1.807) is 18.2 Å². The van der Waals surface area contributed by atoms with Crippen LogP contribution in [0, 0.1) is 11.7 Å². The second-order valence-corrected chi connectivity index (χ2v) is 7.28. The van der Waals surface area contributed by atoms with Crippen molar-refractivity contribution in [1.82, 2.24) is 15.2 Å². The molecule has 1 aromatic carbocycles. The Morgan fingerprint density at radius 3 is 2.83 bits per heavy atom. The highest BCUT2D eigenvalue weighted by molar-refractivity contribution is 7.99. The number of benzene rings is 1. The summed E-state index contributed by atoms with van der Waals surface area (Å²) < 4.78 is 19.2. The number of piperidine rings is 3. The lowest BCUT2D eigenvalue weighted by molar-refractivity contribution is 0.0599. The van der Waals surface area contributed by atoms with E-state index in [9.17, 15) is 9.18 Å². The third-order valence-corrected chi connectivity index (χ3v) is 5.64. The van der Waals surface area contributed by atoms with Gasteiger partial charge in [-0.25, -0.2) is 9.37 Å². The third kappa shape index (κ3) is 3.18. The Hall–Kier alpha value is -1.86. The van der Waals surface area contributed by atoms with E-state index in [-0.39, 0.29) is 23.7 Å². The SMILES string of the molecule is O=C(NC1CN2CCC1CC2)c1ncc(Sc2ccccc2F)o1. The monoisotopic (exact) mass is 347 g/mol. The molecule has 0 spiro atoms. The number of oxazole rings is 1. The van der Waals surface area contributed by atoms with Gasteiger partial charge in [-0.05, 0) is 55.7 Å². The first kappa shape index (κ1) is 15.7. The molecule has 1 aromatic heterocycles. The summed E-state index contributed by atoms with van der Waals surface area (Å²) in [5, 5.41) is 3.44. The van der Waals surface area contributed by atoms with Crippen molar-refractivity contribution >= 4 is 17.7 Å². The van der Waals surface area contributed by atoms with Crippen LogP contribution in [0.25, 0.3) is 0 Å². The first-order chi connectivity index (χ1) is 11.7. The van der Waals surface area contributed by atoms with Crippen LogP contribution >= 0.6 is 11.8 Å². The van der Waals surface area contributed by atoms with Gasteiger partial charge in [0.25, 0.3) is 5.89 Å². The highest BCUT2D eigenvalue weighted by Crippen LogP contribution is 2.30. The number of amides is 1. The van der Waals surface area contributed by atoms with E-state index < -0.39 is 0 Å². The molecule has 3 fully saturated rings. The molecule has 7 heteroatoms. The fourth-order valence-corrected chi connectivity index (χ4v) is 4.16. The van der Waals surface area contributed by atoms with Crippen molar-refractivity contribution in [3.05, 3.63) is 42.2 Å². The van der Waals surface area contributed by atoms with Crippen molar-refractivity contribution in [2.75, 3.05) is 19.6 Å². The summed E-state index contributed by atoms with van der Waals surface area (Å²) in [5.41, 5.74) is 0. The average Bonchev–Trinajstić information content (AvgIpc) is 3.07. The molecular formula is C17H18FN3O2S. The molecule has 126 valence electrons. The molecule has 0 saturated carbocycles. The van der Waals surface area contributed by atoms with E-state index in [0.717, 1.165) is 44.2 Å². The Labute approximate surface area is 143 Å². The van der Waals surface area contributed by atoms with Crippen molar-refractivity contribution in [3.8, 4) is 0 Å². The fraction of sp³-hybridized carbons (Fsp3) is 0.412. The first-order valence-electron chi connectivity index (χ1n) is 8.10. The van der Waals surface area contributed by atoms with Gasteiger partial charge in [0.2, 0.25) is 0 Å². The van der Waals surface area contributed by atoms with Gasteiger partial charge in [-0.3, -0.25) is 4.79 Å². The number of aromatic nitrogens is 1. The largest absolute Gasteiger partial charge is 0.425 e. The van der Waals surface area contributed by atoms with Crippen LogP contribution in [0.4, 0.5) is 4.39 Å². The molecule has 0 radical (unpaired) electrons. The molecule has 1 N–H and O–H groups in total. The van der Waals surface area contributed by atoms with E-state index in [2.05, 4.69) is 15.2 Å². The number of hydrogen-bond acceptors (Lipinski definition) is 5. The Balaban J connectivity index is 1.41. The topological polar surface area (TPSA) is 58.4 Å². The van der Waals surface area contributed by atoms with Crippen LogP contribution in [0.5, 0.6) is 0 Å². The Morgan fingerprint density at radius 2 is 2.12 bits per heavy atom. The summed E-state index contributed by atoms with van der Waals surface area (Å²) in [7, 11) is 0. The maximum atomic E-state index is 13.7. The molecule has 3 saturated heterocycles. The summed E-state index contributed by atoms with van der Waals surface area (Å²) in [6, 6.07) is 6.60. The van der Waals surface area contributed by atoms with Gasteiger partial charge in [0.15, 0.2) is 5.09 Å². The molecule has 3 aliphatic heterocycles. The molecule has 2 aromatic rings. The standard InChI is InChI=1S/C17H18FN3O2S/c18-12-3-1-2-4-14(12)24-15-9-19-17(23-15)16(22)20-13-10-21-7-5-11(13)6-8-21/h1-4,9,11,13H,5-8,10H2,(H,20,22). The maximum absolute atomic E-state index is 13.7. The number of hydrogen-bond donors (Lipinski definition) is 1. The number of rotatable bonds is 4. The molecule has 24 heavy (non-hydrogen) atoms. The zero-order valence-corrected chi connectivity index (χ0v) is 13.9. The van der Waals surface area contributed by atoms with Crippen molar-refractivity contribution in [3.63, 3.8) is 0 Å². The van der Waals surface area contributed by atoms with Crippen LogP contribution in [0.2, 0.25) is 0 Å². The van der Waals surface area contributed by atoms with Crippen LogP contribution in [0.1, 0.15) is 23.5 Å². The smallest absolute Gasteiger partial charge is 0.307 e. The highest BCUT2D eigenvalue weighted by Gasteiger charge is 2.35. The van der Waals surface area contributed by atoms with E-state index in [1.807, 2.05) is 0 Å². The summed E-state index contributed by atoms with van der Waals surface area (Å²) in [6.45, 7) is 3.15. The molecular weight excluding hydrogens is 329 g/mol. The second kappa shape index (κ2) is 6.57. The molecule has 5 rings (SSSR count). The first-order valence-corrected chi connectivity index (χ1v) is 8.92. The van der Waals surface area contributed by atoms with Gasteiger partial charge in [-0.2, -0.15) is 0 Å². The van der Waals surface area contributed by atoms with Gasteiger partial charge in [0, 0.05) is 12.6 Å². The van der Waals surface area contributed by atoms with Gasteiger partial charge in [0.1, 0.15) is 5.82 Å². The lowest BCUT2D eigenvalue weighted by atomic mass is 9.84. The average molecular weight is 347 g/mol. The fourth-order valence-electron chi connectivity index (χ4n) is 3.41. The van der Waals surface area contributed by atoms with Crippen molar-refractivity contribution in [2.24, 2.45) is 5.92 Å². The van der Waals surface area contributed by atoms with Crippen molar-refractivity contribution in [1.29, 1.82) is 0 Å². The quantitative estimate of drug-likeness (QED) is 0.922. The molecule has 0 aliphatic carbocycles. The van der Waals surface area contributed by atoms with E-state index in [1.165, 1.54) is 12.3 Å². The summed E-state index contributed by atoms with van der Waals surface area (Å²) in [5.74, 6) is -0.0437. The van der Waals surface area contributed by atoms with Gasteiger partial charge in [-0.1, -0.05) is 12.1 Å². The molecule has 3 aliphatic rings. The minimum atomic E-state index is -0.322. The minimum Gasteiger partial charge on any atom is -0.425 e. The van der Waals surface area contributed by atoms with Crippen LogP contribution in [0.15, 0.2) is 44.9 Å². The minimum absolute atomic E-state index is 0.0327. The number of nitrogens with zero attached hydrogens (tertiary/aromatic N) is 2. The van der Waals surface area contributed by atoms with Crippen LogP contribution < -0.4 is 5.32 Å². The van der Waals surface area contributed by atoms with E-state index in [0.29, 0.717) is 15.9 Å². The van der Waals surface area contributed by atoms with Gasteiger partial charge < -0.3 is 14.6 Å². The van der Waals surface area contributed by atoms with Gasteiger partial charge in [0.05, 0.1) is 11.1 Å². The van der Waals surface area contributed by atoms with Crippen molar-refractivity contribution < 1.29 is 13.6 Å². The maximum Gasteiger partial charge on any atom is 0.307 e. The Morgan fingerprint density at radius 1 is 1.33 bits per heavy atom. The second-order valence-electron chi connectivity index (χ2n) is 6.23. The van der Waals surface area contributed by atoms with Crippen LogP contribution in [-0.2, 0) is 0 Å². The number of fused-ring (bicyclic) bond motifs is 3. The molecule has 1 amide bonds. The normalized spacial score (nSPS) is 25.6. The molecule has 2 bridgehead atoms. The van der Waals surface area contributed by atoms with Crippen molar-refractivity contribution in [2.45, 2.75) is 28.9 Å². The van der Waals surface area contributed by atoms with Crippen LogP contribution in [-0.4, -0.2) is 41.5 Å². The molecule has 4 heterocycles. The summed E-state index contributed by atoms with van der Waals surface area (Å²) >= 11 is 1.12. The number of halogens is 1. The van der Waals surface area contributed by atoms with E-state index >= 15 is 0 Å². The Bertz CT molecular complexity index is 743. The lowest BCUT2D eigenvalue weighted by Gasteiger charge is -2.44.